The van der Waals surface area contributed by atoms with Crippen LogP contribution in [0.25, 0.3) is 11.5 Å². The van der Waals surface area contributed by atoms with Crippen LogP contribution in [0.4, 0.5) is 5.88 Å². The highest BCUT2D eigenvalue weighted by atomic mass is 35.5. The largest absolute Gasteiger partial charge is 0.486 e. The van der Waals surface area contributed by atoms with Gasteiger partial charge in [0.2, 0.25) is 26.6 Å². The van der Waals surface area contributed by atoms with Crippen LogP contribution < -0.4 is 14.8 Å². The number of halogens is 1. The number of nitrogens with zero attached hydrogens (tertiary/aromatic N) is 1. The van der Waals surface area contributed by atoms with E-state index in [1.807, 2.05) is 31.2 Å². The maximum Gasteiger partial charge on any atom is 0.234 e. The number of benzene rings is 3. The van der Waals surface area contributed by atoms with Crippen molar-refractivity contribution in [3.8, 4) is 23.0 Å². The average molecular weight is 497 g/mol. The number of oxazole rings is 1. The molecule has 0 saturated heterocycles. The minimum Gasteiger partial charge on any atom is -0.486 e. The van der Waals surface area contributed by atoms with Crippen LogP contribution in [-0.2, 0) is 16.4 Å². The number of hydrogen-bond acceptors (Lipinski definition) is 7. The Bertz CT molecular complexity index is 1450. The van der Waals surface area contributed by atoms with Crippen molar-refractivity contribution in [1.29, 1.82) is 0 Å². The van der Waals surface area contributed by atoms with E-state index in [4.69, 9.17) is 25.5 Å². The van der Waals surface area contributed by atoms with Crippen LogP contribution in [0, 0.1) is 6.92 Å². The van der Waals surface area contributed by atoms with E-state index < -0.39 is 9.84 Å². The van der Waals surface area contributed by atoms with E-state index in [1.165, 1.54) is 12.1 Å². The molecule has 0 spiro atoms. The Morgan fingerprint density at radius 3 is 2.47 bits per heavy atom. The molecule has 2 heterocycles. The summed E-state index contributed by atoms with van der Waals surface area (Å²) in [7, 11) is -4.06. The maximum atomic E-state index is 13.6. The number of anilines is 1. The minimum atomic E-state index is -4.06. The molecule has 0 radical (unpaired) electrons. The molecule has 5 rings (SSSR count). The van der Waals surface area contributed by atoms with Gasteiger partial charge in [-0.3, -0.25) is 0 Å². The summed E-state index contributed by atoms with van der Waals surface area (Å²) in [6, 6.07) is 19.3. The summed E-state index contributed by atoms with van der Waals surface area (Å²) in [5.74, 6) is 1.01. The van der Waals surface area contributed by atoms with Gasteiger partial charge in [0.05, 0.1) is 15.5 Å². The molecule has 7 nitrogen and oxygen atoms in total. The van der Waals surface area contributed by atoms with E-state index in [-0.39, 0.29) is 21.7 Å². The van der Waals surface area contributed by atoms with Gasteiger partial charge in [0, 0.05) is 12.6 Å². The molecular weight excluding hydrogens is 476 g/mol. The molecule has 0 amide bonds. The molecule has 3 aromatic carbocycles. The summed E-state index contributed by atoms with van der Waals surface area (Å²) in [4.78, 5) is 4.38. The fourth-order valence-electron chi connectivity index (χ4n) is 3.54. The molecule has 0 aliphatic carbocycles. The molecule has 1 aliphatic rings. The van der Waals surface area contributed by atoms with Crippen LogP contribution in [0.5, 0.6) is 11.5 Å². The van der Waals surface area contributed by atoms with Gasteiger partial charge >= 0.3 is 0 Å². The lowest BCUT2D eigenvalue weighted by atomic mass is 10.1. The number of fused-ring (bicyclic) bond motifs is 1. The Morgan fingerprint density at radius 2 is 1.71 bits per heavy atom. The van der Waals surface area contributed by atoms with Crippen molar-refractivity contribution in [2.75, 3.05) is 18.5 Å². The number of aromatic nitrogens is 1. The lowest BCUT2D eigenvalue weighted by Crippen LogP contribution is -2.16. The first-order valence-electron chi connectivity index (χ1n) is 10.6. The van der Waals surface area contributed by atoms with Gasteiger partial charge in [0.1, 0.15) is 13.2 Å². The van der Waals surface area contributed by atoms with Crippen LogP contribution in [0.3, 0.4) is 0 Å². The third-order valence-electron chi connectivity index (χ3n) is 5.35. The van der Waals surface area contributed by atoms with Gasteiger partial charge in [0.25, 0.3) is 0 Å². The third kappa shape index (κ3) is 4.34. The fourth-order valence-corrected chi connectivity index (χ4v) is 5.05. The van der Waals surface area contributed by atoms with Crippen molar-refractivity contribution >= 4 is 27.3 Å². The van der Waals surface area contributed by atoms with Crippen LogP contribution in [0.15, 0.2) is 81.1 Å². The lowest BCUT2D eigenvalue weighted by molar-refractivity contribution is 0.171. The summed E-state index contributed by atoms with van der Waals surface area (Å²) < 4.78 is 44.2. The van der Waals surface area contributed by atoms with E-state index in [9.17, 15) is 8.42 Å². The highest BCUT2D eigenvalue weighted by Crippen LogP contribution is 2.38. The zero-order chi connectivity index (χ0) is 23.7. The molecule has 1 aliphatic heterocycles. The second kappa shape index (κ2) is 9.04. The second-order valence-corrected chi connectivity index (χ2v) is 10.1. The summed E-state index contributed by atoms with van der Waals surface area (Å²) in [6.07, 6.45) is 0. The number of ether oxygens (including phenoxy) is 2. The molecule has 0 atom stereocenters. The van der Waals surface area contributed by atoms with Crippen LogP contribution in [0.2, 0.25) is 5.02 Å². The van der Waals surface area contributed by atoms with E-state index in [0.29, 0.717) is 41.8 Å². The molecule has 0 fully saturated rings. The number of nitrogens with one attached hydrogen (secondary N) is 1. The van der Waals surface area contributed by atoms with Crippen molar-refractivity contribution in [3.05, 3.63) is 82.9 Å². The van der Waals surface area contributed by atoms with Gasteiger partial charge in [-0.25, -0.2) is 8.42 Å². The predicted octanol–water partition coefficient (Wildman–Crippen LogP) is 5.52. The maximum absolute atomic E-state index is 13.6. The summed E-state index contributed by atoms with van der Waals surface area (Å²) in [5, 5.41) is 3.26. The second-order valence-electron chi connectivity index (χ2n) is 7.78. The summed E-state index contributed by atoms with van der Waals surface area (Å²) in [5.41, 5.74) is 2.58. The standard InChI is InChI=1S/C25H21ClN2O5S/c1-16-6-8-17(9-7-16)15-27-24-25(28-23(33-24)19-4-2-3-5-20(19)26)34(29,30)18-10-11-21-22(14-18)32-13-12-31-21/h2-11,14,27H,12-13,15H2,1H3. The molecule has 0 saturated carbocycles. The number of rotatable bonds is 6. The smallest absolute Gasteiger partial charge is 0.234 e. The average Bonchev–Trinajstić information content (AvgIpc) is 3.28. The molecule has 1 aromatic heterocycles. The lowest BCUT2D eigenvalue weighted by Gasteiger charge is -2.18. The van der Waals surface area contributed by atoms with E-state index in [1.54, 1.807) is 30.3 Å². The Hall–Kier alpha value is -3.49. The van der Waals surface area contributed by atoms with Gasteiger partial charge in [-0.05, 0) is 36.8 Å². The Morgan fingerprint density at radius 1 is 0.971 bits per heavy atom. The Labute approximate surface area is 202 Å². The first-order chi connectivity index (χ1) is 16.4. The zero-order valence-corrected chi connectivity index (χ0v) is 19.8. The number of hydrogen-bond donors (Lipinski definition) is 1. The molecule has 0 bridgehead atoms. The number of sulfone groups is 1. The normalized spacial score (nSPS) is 13.0. The fraction of sp³-hybridized carbons (Fsp3) is 0.160. The molecule has 1 N–H and O–H groups in total. The van der Waals surface area contributed by atoms with Crippen molar-refractivity contribution < 1.29 is 22.3 Å². The summed E-state index contributed by atoms with van der Waals surface area (Å²) in [6.45, 7) is 3.11. The Kier molecular flexibility index (Phi) is 5.93. The molecule has 34 heavy (non-hydrogen) atoms. The van der Waals surface area contributed by atoms with Crippen molar-refractivity contribution in [1.82, 2.24) is 4.98 Å². The van der Waals surface area contributed by atoms with Crippen LogP contribution in [-0.4, -0.2) is 26.6 Å². The minimum absolute atomic E-state index is 0.0224. The van der Waals surface area contributed by atoms with Crippen LogP contribution in [0.1, 0.15) is 11.1 Å². The van der Waals surface area contributed by atoms with Gasteiger partial charge in [-0.15, -0.1) is 0 Å². The predicted molar refractivity (Wildman–Crippen MR) is 128 cm³/mol. The first-order valence-corrected chi connectivity index (χ1v) is 12.5. The monoisotopic (exact) mass is 496 g/mol. The van der Waals surface area contributed by atoms with E-state index in [0.717, 1.165) is 11.1 Å². The first kappa shape index (κ1) is 22.3. The molecule has 9 heteroatoms. The van der Waals surface area contributed by atoms with Gasteiger partial charge in [-0.1, -0.05) is 53.6 Å². The molecule has 4 aromatic rings. The summed E-state index contributed by atoms with van der Waals surface area (Å²) >= 11 is 6.32. The van der Waals surface area contributed by atoms with Crippen molar-refractivity contribution in [3.63, 3.8) is 0 Å². The molecule has 0 unspecified atom stereocenters. The highest BCUT2D eigenvalue weighted by Gasteiger charge is 2.30. The van der Waals surface area contributed by atoms with Gasteiger partial charge < -0.3 is 19.2 Å². The third-order valence-corrected chi connectivity index (χ3v) is 7.34. The van der Waals surface area contributed by atoms with Gasteiger partial charge in [-0.2, -0.15) is 4.98 Å². The Balaban J connectivity index is 1.56. The highest BCUT2D eigenvalue weighted by molar-refractivity contribution is 7.91. The number of aryl methyl sites for hydroxylation is 1. The molecule has 174 valence electrons. The van der Waals surface area contributed by atoms with Crippen LogP contribution >= 0.6 is 11.6 Å². The topological polar surface area (TPSA) is 90.7 Å². The van der Waals surface area contributed by atoms with E-state index >= 15 is 0 Å². The van der Waals surface area contributed by atoms with E-state index in [2.05, 4.69) is 10.3 Å². The van der Waals surface area contributed by atoms with Crippen molar-refractivity contribution in [2.24, 2.45) is 0 Å². The van der Waals surface area contributed by atoms with Gasteiger partial charge in [0.15, 0.2) is 11.5 Å². The quantitative estimate of drug-likeness (QED) is 0.376. The SMILES string of the molecule is Cc1ccc(CNc2oc(-c3ccccc3Cl)nc2S(=O)(=O)c2ccc3c(c2)OCCO3)cc1. The molecular formula is C25H21ClN2O5S. The van der Waals surface area contributed by atoms with Crippen molar-refractivity contribution in [2.45, 2.75) is 23.4 Å². The zero-order valence-electron chi connectivity index (χ0n) is 18.2.